The molecule has 9 heteroatoms. The van der Waals surface area contributed by atoms with Crippen LogP contribution in [0.4, 0.5) is 17.6 Å². The standard InChI is InChI=1S/C10H15F4N3O2/c1-6(2-3-15)8-16-7(17-19-8)4-18-5-10(13,14)9(11)12/h6,9H,2-5,15H2,1H3. The predicted molar refractivity (Wildman–Crippen MR) is 57.0 cm³/mol. The monoisotopic (exact) mass is 285 g/mol. The Morgan fingerprint density at radius 3 is 2.68 bits per heavy atom. The van der Waals surface area contributed by atoms with Gasteiger partial charge in [-0.1, -0.05) is 12.1 Å². The van der Waals surface area contributed by atoms with Gasteiger partial charge in [0, 0.05) is 5.92 Å². The van der Waals surface area contributed by atoms with Gasteiger partial charge in [0.2, 0.25) is 5.89 Å². The van der Waals surface area contributed by atoms with Crippen molar-refractivity contribution in [2.75, 3.05) is 13.2 Å². The van der Waals surface area contributed by atoms with E-state index in [1.807, 2.05) is 6.92 Å². The second-order valence-electron chi connectivity index (χ2n) is 4.08. The first-order valence-electron chi connectivity index (χ1n) is 5.63. The van der Waals surface area contributed by atoms with Gasteiger partial charge in [0.1, 0.15) is 13.2 Å². The third-order valence-electron chi connectivity index (χ3n) is 2.35. The van der Waals surface area contributed by atoms with Gasteiger partial charge in [-0.2, -0.15) is 13.8 Å². The minimum atomic E-state index is -4.18. The Morgan fingerprint density at radius 2 is 2.11 bits per heavy atom. The van der Waals surface area contributed by atoms with Crippen molar-refractivity contribution in [1.29, 1.82) is 0 Å². The molecule has 0 bridgehead atoms. The number of ether oxygens (including phenoxy) is 1. The normalized spacial score (nSPS) is 14.1. The van der Waals surface area contributed by atoms with Crippen molar-refractivity contribution >= 4 is 0 Å². The van der Waals surface area contributed by atoms with E-state index in [1.54, 1.807) is 0 Å². The van der Waals surface area contributed by atoms with Gasteiger partial charge in [-0.15, -0.1) is 0 Å². The van der Waals surface area contributed by atoms with E-state index in [4.69, 9.17) is 10.3 Å². The Balaban J connectivity index is 2.42. The smallest absolute Gasteiger partial charge is 0.330 e. The molecular formula is C10H15F4N3O2. The molecule has 1 atom stereocenters. The highest BCUT2D eigenvalue weighted by atomic mass is 19.3. The third kappa shape index (κ3) is 4.75. The van der Waals surface area contributed by atoms with E-state index in [2.05, 4.69) is 14.9 Å². The van der Waals surface area contributed by atoms with E-state index >= 15 is 0 Å². The summed E-state index contributed by atoms with van der Waals surface area (Å²) in [6.07, 6.45) is -3.13. The lowest BCUT2D eigenvalue weighted by atomic mass is 10.1. The Morgan fingerprint density at radius 1 is 1.42 bits per heavy atom. The zero-order valence-corrected chi connectivity index (χ0v) is 10.3. The van der Waals surface area contributed by atoms with Crippen molar-refractivity contribution in [1.82, 2.24) is 10.1 Å². The molecule has 0 aliphatic heterocycles. The zero-order valence-electron chi connectivity index (χ0n) is 10.3. The molecule has 0 amide bonds. The van der Waals surface area contributed by atoms with Crippen molar-refractivity contribution in [3.63, 3.8) is 0 Å². The fourth-order valence-corrected chi connectivity index (χ4v) is 1.24. The average Bonchev–Trinajstić information content (AvgIpc) is 2.77. The molecule has 0 saturated heterocycles. The SMILES string of the molecule is CC(CCN)c1nc(COCC(F)(F)C(F)F)no1. The summed E-state index contributed by atoms with van der Waals surface area (Å²) >= 11 is 0. The fraction of sp³-hybridized carbons (Fsp3) is 0.800. The lowest BCUT2D eigenvalue weighted by molar-refractivity contribution is -0.168. The van der Waals surface area contributed by atoms with Crippen LogP contribution in [0.25, 0.3) is 0 Å². The summed E-state index contributed by atoms with van der Waals surface area (Å²) in [5, 5.41) is 3.50. The number of aromatic nitrogens is 2. The predicted octanol–water partition coefficient (Wildman–Crippen LogP) is 1.94. The van der Waals surface area contributed by atoms with Crippen LogP contribution < -0.4 is 5.73 Å². The largest absolute Gasteiger partial charge is 0.367 e. The topological polar surface area (TPSA) is 74.2 Å². The van der Waals surface area contributed by atoms with Crippen molar-refractivity contribution < 1.29 is 26.8 Å². The molecule has 110 valence electrons. The molecule has 1 aromatic rings. The summed E-state index contributed by atoms with van der Waals surface area (Å²) < 4.78 is 58.1. The van der Waals surface area contributed by atoms with Crippen LogP contribution in [0.15, 0.2) is 4.52 Å². The van der Waals surface area contributed by atoms with Crippen LogP contribution in [0.1, 0.15) is 31.0 Å². The summed E-state index contributed by atoms with van der Waals surface area (Å²) in [7, 11) is 0. The lowest BCUT2D eigenvalue weighted by Gasteiger charge is -2.14. The highest BCUT2D eigenvalue weighted by molar-refractivity contribution is 4.91. The first-order valence-corrected chi connectivity index (χ1v) is 5.63. The molecule has 0 spiro atoms. The van der Waals surface area contributed by atoms with Gasteiger partial charge in [0.15, 0.2) is 5.82 Å². The molecule has 1 rings (SSSR count). The Hall–Kier alpha value is -1.22. The quantitative estimate of drug-likeness (QED) is 0.739. The van der Waals surface area contributed by atoms with Crippen molar-refractivity contribution in [3.8, 4) is 0 Å². The number of halogens is 4. The second-order valence-corrected chi connectivity index (χ2v) is 4.08. The van der Waals surface area contributed by atoms with Crippen LogP contribution >= 0.6 is 0 Å². The van der Waals surface area contributed by atoms with E-state index in [0.717, 1.165) is 0 Å². The van der Waals surface area contributed by atoms with Crippen LogP contribution in [0.5, 0.6) is 0 Å². The second kappa shape index (κ2) is 6.80. The minimum Gasteiger partial charge on any atom is -0.367 e. The van der Waals surface area contributed by atoms with Gasteiger partial charge in [0.05, 0.1) is 0 Å². The molecule has 0 radical (unpaired) electrons. The van der Waals surface area contributed by atoms with E-state index in [9.17, 15) is 17.6 Å². The Kier molecular flexibility index (Phi) is 5.67. The van der Waals surface area contributed by atoms with Gasteiger partial charge in [0.25, 0.3) is 0 Å². The van der Waals surface area contributed by atoms with Crippen molar-refractivity contribution in [2.45, 2.75) is 38.2 Å². The molecule has 19 heavy (non-hydrogen) atoms. The van der Waals surface area contributed by atoms with Crippen molar-refractivity contribution in [2.24, 2.45) is 5.73 Å². The van der Waals surface area contributed by atoms with Gasteiger partial charge in [-0.25, -0.2) is 8.78 Å². The first kappa shape index (κ1) is 15.8. The van der Waals surface area contributed by atoms with Gasteiger partial charge < -0.3 is 15.0 Å². The summed E-state index contributed by atoms with van der Waals surface area (Å²) in [6.45, 7) is 0.444. The molecule has 0 saturated carbocycles. The average molecular weight is 285 g/mol. The maximum atomic E-state index is 12.5. The molecule has 1 aromatic heterocycles. The summed E-state index contributed by atoms with van der Waals surface area (Å²) in [5.74, 6) is -3.90. The molecule has 0 aliphatic rings. The molecule has 5 nitrogen and oxygen atoms in total. The van der Waals surface area contributed by atoms with E-state index in [0.29, 0.717) is 18.9 Å². The van der Waals surface area contributed by atoms with Crippen LogP contribution in [-0.4, -0.2) is 35.6 Å². The highest BCUT2D eigenvalue weighted by Crippen LogP contribution is 2.23. The lowest BCUT2D eigenvalue weighted by Crippen LogP contribution is -2.32. The molecule has 1 unspecified atom stereocenters. The number of rotatable bonds is 8. The maximum Gasteiger partial charge on any atom is 0.330 e. The Bertz CT molecular complexity index is 387. The number of nitrogens with zero attached hydrogens (tertiary/aromatic N) is 2. The minimum absolute atomic E-state index is 0.0314. The van der Waals surface area contributed by atoms with Gasteiger partial charge in [-0.3, -0.25) is 0 Å². The first-order chi connectivity index (χ1) is 8.86. The van der Waals surface area contributed by atoms with Crippen LogP contribution in [-0.2, 0) is 11.3 Å². The molecule has 2 N–H and O–H groups in total. The van der Waals surface area contributed by atoms with Gasteiger partial charge in [-0.05, 0) is 13.0 Å². The number of hydrogen-bond donors (Lipinski definition) is 1. The summed E-state index contributed by atoms with van der Waals surface area (Å²) in [5.41, 5.74) is 5.36. The van der Waals surface area contributed by atoms with Crippen molar-refractivity contribution in [3.05, 3.63) is 11.7 Å². The van der Waals surface area contributed by atoms with E-state index in [1.165, 1.54) is 0 Å². The number of nitrogens with two attached hydrogens (primary N) is 1. The maximum absolute atomic E-state index is 12.5. The molecule has 0 aliphatic carbocycles. The number of alkyl halides is 4. The van der Waals surface area contributed by atoms with E-state index < -0.39 is 25.6 Å². The summed E-state index contributed by atoms with van der Waals surface area (Å²) in [4.78, 5) is 3.90. The van der Waals surface area contributed by atoms with Crippen LogP contribution in [0, 0.1) is 0 Å². The summed E-state index contributed by atoms with van der Waals surface area (Å²) in [6, 6.07) is 0. The fourth-order valence-electron chi connectivity index (χ4n) is 1.24. The Labute approximate surface area is 107 Å². The zero-order chi connectivity index (χ0) is 14.5. The molecular weight excluding hydrogens is 270 g/mol. The molecule has 0 fully saturated rings. The van der Waals surface area contributed by atoms with Crippen LogP contribution in [0.3, 0.4) is 0 Å². The van der Waals surface area contributed by atoms with E-state index in [-0.39, 0.29) is 11.7 Å². The molecule has 1 heterocycles. The highest BCUT2D eigenvalue weighted by Gasteiger charge is 2.41. The van der Waals surface area contributed by atoms with Crippen LogP contribution in [0.2, 0.25) is 0 Å². The van der Waals surface area contributed by atoms with Gasteiger partial charge >= 0.3 is 12.3 Å². The third-order valence-corrected chi connectivity index (χ3v) is 2.35. The molecule has 0 aromatic carbocycles. The number of hydrogen-bond acceptors (Lipinski definition) is 5.